The summed E-state index contributed by atoms with van der Waals surface area (Å²) in [5, 5.41) is 0. The van der Waals surface area contributed by atoms with Crippen LogP contribution in [-0.4, -0.2) is 71.2 Å². The van der Waals surface area contributed by atoms with Crippen molar-refractivity contribution in [1.82, 2.24) is 14.8 Å². The lowest BCUT2D eigenvalue weighted by atomic mass is 9.92. The molecule has 2 amide bonds. The van der Waals surface area contributed by atoms with Gasteiger partial charge in [0.25, 0.3) is 0 Å². The lowest BCUT2D eigenvalue weighted by Gasteiger charge is -2.34. The van der Waals surface area contributed by atoms with Crippen molar-refractivity contribution < 1.29 is 23.5 Å². The first-order valence-electron chi connectivity index (χ1n) is 13.6. The van der Waals surface area contributed by atoms with Crippen molar-refractivity contribution in [1.29, 1.82) is 0 Å². The average Bonchev–Trinajstić information content (AvgIpc) is 3.44. The molecular formula is C29H39FN4O4. The Labute approximate surface area is 224 Å². The van der Waals surface area contributed by atoms with Crippen LogP contribution in [0.4, 0.5) is 9.18 Å². The fourth-order valence-corrected chi connectivity index (χ4v) is 5.12. The number of likely N-dealkylation sites (tertiary alicyclic amines) is 2. The molecule has 1 aromatic carbocycles. The number of benzene rings is 1. The zero-order valence-electron chi connectivity index (χ0n) is 22.6. The summed E-state index contributed by atoms with van der Waals surface area (Å²) in [6.07, 6.45) is 5.07. The van der Waals surface area contributed by atoms with Crippen molar-refractivity contribution in [3.05, 3.63) is 47.9 Å². The molecule has 2 saturated heterocycles. The maximum Gasteiger partial charge on any atom is 0.410 e. The largest absolute Gasteiger partial charge is 0.474 e. The number of aromatic nitrogens is 1. The molecule has 0 radical (unpaired) electrons. The number of ether oxygens (including phenoxy) is 2. The normalized spacial score (nSPS) is 17.9. The Bertz CT molecular complexity index is 1100. The first-order chi connectivity index (χ1) is 18.2. The van der Waals surface area contributed by atoms with Gasteiger partial charge in [0.1, 0.15) is 11.9 Å². The number of piperidine rings is 1. The molecule has 3 heterocycles. The standard InChI is InChI=1S/C29H39FN4O4/c1-19(2)37-29(36)34-14-10-21(11-15-34)20(3)38-27-9-8-24(18-32-27)22-6-7-23(25(30)16-22)17-26(31)28(35)33-12-4-5-13-33/h6-9,16,18-21,26H,4-5,10-15,17,31H2,1-3H3/t20-,26+/m1/s1. The van der Waals surface area contributed by atoms with Crippen LogP contribution < -0.4 is 10.5 Å². The van der Waals surface area contributed by atoms with E-state index in [9.17, 15) is 14.0 Å². The summed E-state index contributed by atoms with van der Waals surface area (Å²) in [7, 11) is 0. The number of pyridine rings is 1. The number of hydrogen-bond acceptors (Lipinski definition) is 6. The van der Waals surface area contributed by atoms with Gasteiger partial charge in [-0.3, -0.25) is 4.79 Å². The predicted molar refractivity (Wildman–Crippen MR) is 143 cm³/mol. The molecule has 9 heteroatoms. The first-order valence-corrected chi connectivity index (χ1v) is 13.6. The Morgan fingerprint density at radius 1 is 1.03 bits per heavy atom. The molecule has 206 valence electrons. The fraction of sp³-hybridized carbons (Fsp3) is 0.552. The summed E-state index contributed by atoms with van der Waals surface area (Å²) >= 11 is 0. The summed E-state index contributed by atoms with van der Waals surface area (Å²) < 4.78 is 26.3. The summed E-state index contributed by atoms with van der Waals surface area (Å²) in [5.74, 6) is 0.320. The molecule has 2 fully saturated rings. The molecule has 4 rings (SSSR count). The molecule has 2 aliphatic heterocycles. The number of carbonyl (C=O) groups excluding carboxylic acids is 2. The molecule has 0 saturated carbocycles. The van der Waals surface area contributed by atoms with E-state index in [1.807, 2.05) is 32.9 Å². The highest BCUT2D eigenvalue weighted by Gasteiger charge is 2.29. The second-order valence-corrected chi connectivity index (χ2v) is 10.6. The summed E-state index contributed by atoms with van der Waals surface area (Å²) in [6, 6.07) is 7.88. The maximum atomic E-state index is 14.9. The zero-order valence-corrected chi connectivity index (χ0v) is 22.6. The highest BCUT2D eigenvalue weighted by Crippen LogP contribution is 2.27. The molecule has 2 aromatic rings. The van der Waals surface area contributed by atoms with Crippen LogP contribution in [0, 0.1) is 11.7 Å². The molecular weight excluding hydrogens is 487 g/mol. The van der Waals surface area contributed by atoms with Crippen LogP contribution in [0.2, 0.25) is 0 Å². The average molecular weight is 527 g/mol. The van der Waals surface area contributed by atoms with Crippen molar-refractivity contribution >= 4 is 12.0 Å². The van der Waals surface area contributed by atoms with Crippen molar-refractivity contribution in [3.63, 3.8) is 0 Å². The van der Waals surface area contributed by atoms with E-state index < -0.39 is 6.04 Å². The number of rotatable bonds is 8. The molecule has 8 nitrogen and oxygen atoms in total. The molecule has 0 spiro atoms. The molecule has 2 aliphatic rings. The van der Waals surface area contributed by atoms with Gasteiger partial charge in [-0.05, 0) is 82.1 Å². The van der Waals surface area contributed by atoms with Crippen LogP contribution in [0.15, 0.2) is 36.5 Å². The van der Waals surface area contributed by atoms with Gasteiger partial charge in [-0.15, -0.1) is 0 Å². The second-order valence-electron chi connectivity index (χ2n) is 10.6. The minimum atomic E-state index is -0.741. The number of amides is 2. The van der Waals surface area contributed by atoms with Gasteiger partial charge in [-0.2, -0.15) is 0 Å². The third-order valence-electron chi connectivity index (χ3n) is 7.40. The fourth-order valence-electron chi connectivity index (χ4n) is 5.12. The van der Waals surface area contributed by atoms with Gasteiger partial charge in [0, 0.05) is 44.0 Å². The van der Waals surface area contributed by atoms with Crippen molar-refractivity contribution in [2.45, 2.75) is 71.1 Å². The minimum absolute atomic E-state index is 0.0548. The molecule has 0 bridgehead atoms. The summed E-state index contributed by atoms with van der Waals surface area (Å²) in [5.41, 5.74) is 7.98. The van der Waals surface area contributed by atoms with E-state index in [-0.39, 0.29) is 36.4 Å². The van der Waals surface area contributed by atoms with E-state index in [4.69, 9.17) is 15.2 Å². The van der Waals surface area contributed by atoms with E-state index in [0.717, 1.165) is 44.3 Å². The van der Waals surface area contributed by atoms with Crippen molar-refractivity contribution in [3.8, 4) is 17.0 Å². The number of halogens is 1. The smallest absolute Gasteiger partial charge is 0.410 e. The number of nitrogens with two attached hydrogens (primary N) is 1. The highest BCUT2D eigenvalue weighted by molar-refractivity contribution is 5.82. The van der Waals surface area contributed by atoms with Gasteiger partial charge < -0.3 is 25.0 Å². The monoisotopic (exact) mass is 526 g/mol. The molecule has 0 aliphatic carbocycles. The Morgan fingerprint density at radius 3 is 2.32 bits per heavy atom. The lowest BCUT2D eigenvalue weighted by Crippen LogP contribution is -2.43. The quantitative estimate of drug-likeness (QED) is 0.547. The van der Waals surface area contributed by atoms with Gasteiger partial charge in [0.15, 0.2) is 0 Å². The van der Waals surface area contributed by atoms with Crippen LogP contribution in [0.5, 0.6) is 5.88 Å². The zero-order chi connectivity index (χ0) is 27.2. The Hall–Kier alpha value is -3.20. The number of nitrogens with zero attached hydrogens (tertiary/aromatic N) is 3. The third kappa shape index (κ3) is 7.01. The van der Waals surface area contributed by atoms with Crippen LogP contribution in [-0.2, 0) is 16.0 Å². The minimum Gasteiger partial charge on any atom is -0.474 e. The second kappa shape index (κ2) is 12.6. The van der Waals surface area contributed by atoms with Gasteiger partial charge >= 0.3 is 6.09 Å². The molecule has 1 aromatic heterocycles. The van der Waals surface area contributed by atoms with Gasteiger partial charge in [0.05, 0.1) is 12.1 Å². The van der Waals surface area contributed by atoms with Crippen LogP contribution in [0.3, 0.4) is 0 Å². The SMILES string of the molecule is CC(C)OC(=O)N1CCC([C@@H](C)Oc2ccc(-c3ccc(C[C@H](N)C(=O)N4CCCC4)c(F)c3)cn2)CC1. The van der Waals surface area contributed by atoms with E-state index in [0.29, 0.717) is 36.0 Å². The first kappa shape index (κ1) is 27.8. The predicted octanol–water partition coefficient (Wildman–Crippen LogP) is 4.40. The van der Waals surface area contributed by atoms with Gasteiger partial charge in [-0.1, -0.05) is 12.1 Å². The van der Waals surface area contributed by atoms with E-state index in [2.05, 4.69) is 4.98 Å². The van der Waals surface area contributed by atoms with E-state index >= 15 is 0 Å². The van der Waals surface area contributed by atoms with E-state index in [1.165, 1.54) is 6.07 Å². The molecule has 2 N–H and O–H groups in total. The van der Waals surface area contributed by atoms with E-state index in [1.54, 1.807) is 28.1 Å². The molecule has 2 atom stereocenters. The lowest BCUT2D eigenvalue weighted by molar-refractivity contribution is -0.131. The topological polar surface area (TPSA) is 98.0 Å². The van der Waals surface area contributed by atoms with Gasteiger partial charge in [0.2, 0.25) is 11.8 Å². The third-order valence-corrected chi connectivity index (χ3v) is 7.40. The summed E-state index contributed by atoms with van der Waals surface area (Å²) in [6.45, 7) is 8.47. The molecule has 0 unspecified atom stereocenters. The number of carbonyl (C=O) groups is 2. The van der Waals surface area contributed by atoms with Gasteiger partial charge in [-0.25, -0.2) is 14.2 Å². The summed E-state index contributed by atoms with van der Waals surface area (Å²) in [4.78, 5) is 32.5. The Kier molecular flexibility index (Phi) is 9.20. The van der Waals surface area contributed by atoms with Crippen LogP contribution >= 0.6 is 0 Å². The Morgan fingerprint density at radius 2 is 1.71 bits per heavy atom. The molecule has 38 heavy (non-hydrogen) atoms. The van der Waals surface area contributed by atoms with Crippen molar-refractivity contribution in [2.75, 3.05) is 26.2 Å². The maximum absolute atomic E-state index is 14.9. The highest BCUT2D eigenvalue weighted by atomic mass is 19.1. The van der Waals surface area contributed by atoms with Crippen molar-refractivity contribution in [2.24, 2.45) is 11.7 Å². The van der Waals surface area contributed by atoms with Crippen LogP contribution in [0.1, 0.15) is 52.0 Å². The van der Waals surface area contributed by atoms with Crippen LogP contribution in [0.25, 0.3) is 11.1 Å². The Balaban J connectivity index is 1.29. The number of hydrogen-bond donors (Lipinski definition) is 1.